The Morgan fingerprint density at radius 3 is 2.82 bits per heavy atom. The zero-order valence-corrected chi connectivity index (χ0v) is 18.3. The summed E-state index contributed by atoms with van der Waals surface area (Å²) in [6, 6.07) is 11.7. The van der Waals surface area contributed by atoms with Crippen molar-refractivity contribution in [2.24, 2.45) is 0 Å². The first-order chi connectivity index (χ1) is 16.2. The number of aromatic amines is 1. The molecule has 6 rings (SSSR count). The SMILES string of the molecule is Oc1[nH]cc2cc(-c3cnc(Nc4ccc(N5CCOCC5)cc4Cl)c4ncnn34)ccc12. The highest BCUT2D eigenvalue weighted by Crippen LogP contribution is 2.33. The molecule has 3 aromatic heterocycles. The summed E-state index contributed by atoms with van der Waals surface area (Å²) in [5.41, 5.74) is 4.07. The molecule has 0 atom stereocenters. The van der Waals surface area contributed by atoms with Crippen LogP contribution in [0, 0.1) is 0 Å². The van der Waals surface area contributed by atoms with Gasteiger partial charge in [0, 0.05) is 41.3 Å². The van der Waals surface area contributed by atoms with Gasteiger partial charge in [-0.25, -0.2) is 14.5 Å². The molecule has 1 fully saturated rings. The van der Waals surface area contributed by atoms with Crippen LogP contribution in [-0.4, -0.2) is 56.0 Å². The number of benzene rings is 2. The van der Waals surface area contributed by atoms with Crippen LogP contribution in [0.25, 0.3) is 27.7 Å². The van der Waals surface area contributed by atoms with Gasteiger partial charge in [0.05, 0.1) is 35.8 Å². The maximum absolute atomic E-state index is 9.88. The molecule has 166 valence electrons. The zero-order chi connectivity index (χ0) is 22.4. The summed E-state index contributed by atoms with van der Waals surface area (Å²) in [7, 11) is 0. The van der Waals surface area contributed by atoms with Gasteiger partial charge in [0.25, 0.3) is 0 Å². The third-order valence-electron chi connectivity index (χ3n) is 5.85. The molecule has 0 spiro atoms. The lowest BCUT2D eigenvalue weighted by Crippen LogP contribution is -2.36. The number of aromatic hydroxyl groups is 1. The molecular weight excluding hydrogens is 442 g/mol. The van der Waals surface area contributed by atoms with Gasteiger partial charge in [-0.1, -0.05) is 17.7 Å². The summed E-state index contributed by atoms with van der Waals surface area (Å²) >= 11 is 6.59. The summed E-state index contributed by atoms with van der Waals surface area (Å²) in [5, 5.41) is 19.8. The Morgan fingerprint density at radius 1 is 1.09 bits per heavy atom. The van der Waals surface area contributed by atoms with Crippen LogP contribution in [0.1, 0.15) is 0 Å². The van der Waals surface area contributed by atoms with Crippen LogP contribution in [0.4, 0.5) is 17.2 Å². The molecule has 10 heteroatoms. The van der Waals surface area contributed by atoms with Crippen molar-refractivity contribution < 1.29 is 9.84 Å². The van der Waals surface area contributed by atoms with E-state index in [1.54, 1.807) is 16.9 Å². The van der Waals surface area contributed by atoms with Gasteiger partial charge in [-0.2, -0.15) is 5.10 Å². The summed E-state index contributed by atoms with van der Waals surface area (Å²) < 4.78 is 7.16. The van der Waals surface area contributed by atoms with Crippen LogP contribution in [0.3, 0.4) is 0 Å². The van der Waals surface area contributed by atoms with E-state index in [-0.39, 0.29) is 5.88 Å². The lowest BCUT2D eigenvalue weighted by atomic mass is 10.1. The van der Waals surface area contributed by atoms with E-state index in [0.29, 0.717) is 16.5 Å². The fourth-order valence-electron chi connectivity index (χ4n) is 4.13. The molecule has 0 unspecified atom stereocenters. The summed E-state index contributed by atoms with van der Waals surface area (Å²) in [6.07, 6.45) is 5.00. The molecule has 2 aromatic carbocycles. The van der Waals surface area contributed by atoms with Gasteiger partial charge in [-0.3, -0.25) is 0 Å². The highest BCUT2D eigenvalue weighted by Gasteiger charge is 2.16. The molecular formula is C23H20ClN7O2. The zero-order valence-electron chi connectivity index (χ0n) is 17.5. The minimum absolute atomic E-state index is 0.150. The smallest absolute Gasteiger partial charge is 0.199 e. The standard InChI is InChI=1S/C23H20ClN7O2/c24-18-10-16(30-5-7-33-8-6-30)2-4-19(18)29-21-22-27-13-28-31(22)20(12-25-21)14-1-3-17-15(9-14)11-26-23(17)32/h1-4,9-13,26,32H,5-8H2,(H,25,29). The van der Waals surface area contributed by atoms with Crippen LogP contribution in [-0.2, 0) is 4.74 Å². The minimum atomic E-state index is 0.150. The maximum Gasteiger partial charge on any atom is 0.199 e. The highest BCUT2D eigenvalue weighted by atomic mass is 35.5. The Bertz CT molecular complexity index is 1470. The minimum Gasteiger partial charge on any atom is -0.494 e. The van der Waals surface area contributed by atoms with E-state index in [4.69, 9.17) is 16.3 Å². The number of anilines is 3. The molecule has 0 radical (unpaired) electrons. The van der Waals surface area contributed by atoms with Crippen molar-refractivity contribution in [3.63, 3.8) is 0 Å². The molecule has 33 heavy (non-hydrogen) atoms. The van der Waals surface area contributed by atoms with Crippen molar-refractivity contribution in [3.8, 4) is 17.1 Å². The van der Waals surface area contributed by atoms with E-state index in [2.05, 4.69) is 30.3 Å². The molecule has 1 aliphatic heterocycles. The first-order valence-electron chi connectivity index (χ1n) is 10.6. The van der Waals surface area contributed by atoms with Crippen LogP contribution < -0.4 is 10.2 Å². The molecule has 4 heterocycles. The van der Waals surface area contributed by atoms with Gasteiger partial charge in [-0.05, 0) is 30.3 Å². The monoisotopic (exact) mass is 461 g/mol. The molecule has 9 nitrogen and oxygen atoms in total. The first kappa shape index (κ1) is 19.8. The van der Waals surface area contributed by atoms with E-state index < -0.39 is 0 Å². The number of halogens is 1. The average Bonchev–Trinajstić information content (AvgIpc) is 3.48. The summed E-state index contributed by atoms with van der Waals surface area (Å²) in [5.74, 6) is 0.703. The van der Waals surface area contributed by atoms with Gasteiger partial charge >= 0.3 is 0 Å². The molecule has 5 aromatic rings. The maximum atomic E-state index is 9.88. The molecule has 0 amide bonds. The molecule has 3 N–H and O–H groups in total. The normalized spacial score (nSPS) is 14.3. The first-order valence-corrected chi connectivity index (χ1v) is 10.9. The van der Waals surface area contributed by atoms with Crippen molar-refractivity contribution in [3.05, 3.63) is 60.1 Å². The topological polar surface area (TPSA) is 104 Å². The Balaban J connectivity index is 1.33. The van der Waals surface area contributed by atoms with Crippen molar-refractivity contribution in [2.75, 3.05) is 36.5 Å². The van der Waals surface area contributed by atoms with Crippen LogP contribution in [0.2, 0.25) is 5.02 Å². The number of fused-ring (bicyclic) bond motifs is 2. The Labute approximate surface area is 193 Å². The Morgan fingerprint density at radius 2 is 1.97 bits per heavy atom. The number of rotatable bonds is 4. The Kier molecular flexibility index (Phi) is 4.78. The van der Waals surface area contributed by atoms with Crippen molar-refractivity contribution in [1.29, 1.82) is 0 Å². The third kappa shape index (κ3) is 3.51. The summed E-state index contributed by atoms with van der Waals surface area (Å²) in [6.45, 7) is 3.13. The predicted molar refractivity (Wildman–Crippen MR) is 128 cm³/mol. The average molecular weight is 462 g/mol. The van der Waals surface area contributed by atoms with Crippen molar-refractivity contribution in [2.45, 2.75) is 0 Å². The second-order valence-corrected chi connectivity index (χ2v) is 8.22. The largest absolute Gasteiger partial charge is 0.494 e. The number of aromatic nitrogens is 5. The van der Waals surface area contributed by atoms with E-state index in [9.17, 15) is 5.11 Å². The number of morpholine rings is 1. The molecule has 1 aliphatic rings. The van der Waals surface area contributed by atoms with Gasteiger partial charge < -0.3 is 25.0 Å². The van der Waals surface area contributed by atoms with Crippen LogP contribution in [0.15, 0.2) is 55.1 Å². The lowest BCUT2D eigenvalue weighted by Gasteiger charge is -2.29. The fraction of sp³-hybridized carbons (Fsp3) is 0.174. The second kappa shape index (κ2) is 7.95. The number of ether oxygens (including phenoxy) is 1. The number of H-pyrrole nitrogens is 1. The van der Waals surface area contributed by atoms with E-state index in [1.165, 1.54) is 6.33 Å². The van der Waals surface area contributed by atoms with E-state index in [0.717, 1.165) is 59.7 Å². The molecule has 0 saturated carbocycles. The number of hydrogen-bond donors (Lipinski definition) is 3. The number of nitrogens with one attached hydrogen (secondary N) is 2. The molecule has 0 aliphatic carbocycles. The van der Waals surface area contributed by atoms with Gasteiger partial charge in [0.1, 0.15) is 6.33 Å². The van der Waals surface area contributed by atoms with Gasteiger partial charge in [-0.15, -0.1) is 0 Å². The fourth-order valence-corrected chi connectivity index (χ4v) is 4.36. The number of nitrogens with zero attached hydrogens (tertiary/aromatic N) is 5. The van der Waals surface area contributed by atoms with E-state index in [1.807, 2.05) is 36.4 Å². The van der Waals surface area contributed by atoms with Crippen molar-refractivity contribution in [1.82, 2.24) is 24.6 Å². The van der Waals surface area contributed by atoms with Gasteiger partial charge in [0.2, 0.25) is 0 Å². The highest BCUT2D eigenvalue weighted by molar-refractivity contribution is 6.33. The van der Waals surface area contributed by atoms with E-state index >= 15 is 0 Å². The molecule has 0 bridgehead atoms. The summed E-state index contributed by atoms with van der Waals surface area (Å²) in [4.78, 5) is 14.1. The van der Waals surface area contributed by atoms with Crippen LogP contribution in [0.5, 0.6) is 5.88 Å². The predicted octanol–water partition coefficient (Wildman–Crippen LogP) is 4.21. The number of hydrogen-bond acceptors (Lipinski definition) is 7. The molecule has 1 saturated heterocycles. The van der Waals surface area contributed by atoms with Crippen molar-refractivity contribution >= 4 is 45.2 Å². The second-order valence-electron chi connectivity index (χ2n) is 7.82. The third-order valence-corrected chi connectivity index (χ3v) is 6.17. The van der Waals surface area contributed by atoms with Crippen LogP contribution >= 0.6 is 11.6 Å². The Hall–Kier alpha value is -3.82. The quantitative estimate of drug-likeness (QED) is 0.368. The lowest BCUT2D eigenvalue weighted by molar-refractivity contribution is 0.122. The van der Waals surface area contributed by atoms with Gasteiger partial charge in [0.15, 0.2) is 17.3 Å².